The number of rotatable bonds is 2. The van der Waals surface area contributed by atoms with Gasteiger partial charge in [-0.1, -0.05) is 0 Å². The van der Waals surface area contributed by atoms with Crippen molar-refractivity contribution in [2.45, 2.75) is 26.2 Å². The molecule has 1 aliphatic heterocycles. The Morgan fingerprint density at radius 2 is 1.91 bits per heavy atom. The van der Waals surface area contributed by atoms with Crippen molar-refractivity contribution < 1.29 is 9.59 Å². The molecule has 8 heteroatoms. The highest BCUT2D eigenvalue weighted by atomic mass is 32.1. The zero-order chi connectivity index (χ0) is 15.9. The Balaban J connectivity index is 0.000000545. The van der Waals surface area contributed by atoms with Crippen LogP contribution in [-0.2, 0) is 9.59 Å². The highest BCUT2D eigenvalue weighted by molar-refractivity contribution is 7.15. The maximum Gasteiger partial charge on any atom is 0.373 e. The zero-order valence-corrected chi connectivity index (χ0v) is 13.1. The minimum Gasteiger partial charge on any atom is -0.375 e. The summed E-state index contributed by atoms with van der Waals surface area (Å²) in [6.07, 6.45) is 5.85. The lowest BCUT2D eigenvalue weighted by Gasteiger charge is -2.27. The van der Waals surface area contributed by atoms with Crippen LogP contribution < -0.4 is 10.6 Å². The predicted octanol–water partition coefficient (Wildman–Crippen LogP) is 1.90. The smallest absolute Gasteiger partial charge is 0.373 e. The number of nitrogens with two attached hydrogens (primary N) is 1. The van der Waals surface area contributed by atoms with E-state index in [0.29, 0.717) is 11.0 Å². The molecule has 0 bridgehead atoms. The van der Waals surface area contributed by atoms with E-state index in [4.69, 9.17) is 15.3 Å². The van der Waals surface area contributed by atoms with Crippen LogP contribution in [0.25, 0.3) is 11.5 Å². The molecule has 2 aromatic rings. The zero-order valence-electron chi connectivity index (χ0n) is 12.3. The van der Waals surface area contributed by atoms with Gasteiger partial charge in [0.2, 0.25) is 0 Å². The highest BCUT2D eigenvalue weighted by Crippen LogP contribution is 2.27. The molecular formula is C14H17N5O2S. The van der Waals surface area contributed by atoms with Crippen molar-refractivity contribution in [1.29, 1.82) is 0 Å². The van der Waals surface area contributed by atoms with Gasteiger partial charge in [-0.2, -0.15) is 9.59 Å². The van der Waals surface area contributed by atoms with E-state index >= 15 is 0 Å². The third kappa shape index (κ3) is 3.87. The maximum absolute atomic E-state index is 8.12. The SMILES string of the molecule is Cc1sc(N)nc1-c1nccc(N2CCCCC2)n1.O=C=O. The summed E-state index contributed by atoms with van der Waals surface area (Å²) in [5, 5.41) is 0.569. The first-order chi connectivity index (χ1) is 10.7. The lowest BCUT2D eigenvalue weighted by Crippen LogP contribution is -2.30. The molecule has 2 N–H and O–H groups in total. The minimum atomic E-state index is 0.250. The summed E-state index contributed by atoms with van der Waals surface area (Å²) >= 11 is 1.48. The molecule has 0 atom stereocenters. The molecule has 116 valence electrons. The highest BCUT2D eigenvalue weighted by Gasteiger charge is 2.15. The molecule has 7 nitrogen and oxygen atoms in total. The first kappa shape index (κ1) is 16.1. The molecule has 0 saturated carbocycles. The Bertz CT molecular complexity index is 661. The van der Waals surface area contributed by atoms with Crippen molar-refractivity contribution in [2.24, 2.45) is 0 Å². The number of aryl methyl sites for hydroxylation is 1. The summed E-state index contributed by atoms with van der Waals surface area (Å²) in [4.78, 5) is 32.9. The van der Waals surface area contributed by atoms with Crippen molar-refractivity contribution in [3.8, 4) is 11.5 Å². The molecule has 3 rings (SSSR count). The number of thiazole rings is 1. The van der Waals surface area contributed by atoms with Crippen LogP contribution in [0.3, 0.4) is 0 Å². The number of aromatic nitrogens is 3. The van der Waals surface area contributed by atoms with Gasteiger partial charge in [0.25, 0.3) is 0 Å². The number of hydrogen-bond donors (Lipinski definition) is 1. The lowest BCUT2D eigenvalue weighted by atomic mass is 10.1. The molecule has 1 aliphatic rings. The van der Waals surface area contributed by atoms with Crippen LogP contribution in [0, 0.1) is 6.92 Å². The van der Waals surface area contributed by atoms with Crippen LogP contribution in [0.1, 0.15) is 24.1 Å². The van der Waals surface area contributed by atoms with Crippen LogP contribution >= 0.6 is 11.3 Å². The van der Waals surface area contributed by atoms with Crippen LogP contribution in [-0.4, -0.2) is 34.2 Å². The molecule has 3 heterocycles. The third-order valence-electron chi connectivity index (χ3n) is 3.35. The molecule has 0 aromatic carbocycles. The Morgan fingerprint density at radius 3 is 2.50 bits per heavy atom. The third-order valence-corrected chi connectivity index (χ3v) is 4.15. The quantitative estimate of drug-likeness (QED) is 0.901. The van der Waals surface area contributed by atoms with E-state index in [1.54, 1.807) is 6.20 Å². The molecule has 0 unspecified atom stereocenters. The summed E-state index contributed by atoms with van der Waals surface area (Å²) in [5.74, 6) is 1.67. The van der Waals surface area contributed by atoms with Crippen LogP contribution in [0.15, 0.2) is 12.3 Å². The predicted molar refractivity (Wildman–Crippen MR) is 83.4 cm³/mol. The summed E-state index contributed by atoms with van der Waals surface area (Å²) in [6.45, 7) is 4.16. The Kier molecular flexibility index (Phi) is 5.57. The number of piperidine rings is 1. The van der Waals surface area contributed by atoms with E-state index in [-0.39, 0.29) is 6.15 Å². The summed E-state index contributed by atoms with van der Waals surface area (Å²) in [6, 6.07) is 1.97. The topological polar surface area (TPSA) is 102 Å². The van der Waals surface area contributed by atoms with E-state index in [2.05, 4.69) is 19.9 Å². The molecule has 2 aromatic heterocycles. The Morgan fingerprint density at radius 1 is 1.23 bits per heavy atom. The summed E-state index contributed by atoms with van der Waals surface area (Å²) in [7, 11) is 0. The number of nitrogens with zero attached hydrogens (tertiary/aromatic N) is 4. The van der Waals surface area contributed by atoms with E-state index in [9.17, 15) is 0 Å². The van der Waals surface area contributed by atoms with Gasteiger partial charge in [-0.05, 0) is 32.3 Å². The average molecular weight is 319 g/mol. The van der Waals surface area contributed by atoms with Gasteiger partial charge in [0.15, 0.2) is 11.0 Å². The molecule has 1 fully saturated rings. The molecule has 22 heavy (non-hydrogen) atoms. The lowest BCUT2D eigenvalue weighted by molar-refractivity contribution is -0.191. The number of carbonyl (C=O) groups excluding carboxylic acids is 2. The normalized spacial score (nSPS) is 14.0. The second-order valence-corrected chi connectivity index (χ2v) is 6.06. The van der Waals surface area contributed by atoms with Gasteiger partial charge >= 0.3 is 6.15 Å². The molecule has 0 amide bonds. The monoisotopic (exact) mass is 319 g/mol. The second-order valence-electron chi connectivity index (χ2n) is 4.83. The van der Waals surface area contributed by atoms with Crippen LogP contribution in [0.2, 0.25) is 0 Å². The molecular weight excluding hydrogens is 302 g/mol. The summed E-state index contributed by atoms with van der Waals surface area (Å²) < 4.78 is 0. The van der Waals surface area contributed by atoms with Crippen molar-refractivity contribution in [1.82, 2.24) is 15.0 Å². The Labute approximate surface area is 132 Å². The van der Waals surface area contributed by atoms with E-state index in [1.165, 1.54) is 30.6 Å². The van der Waals surface area contributed by atoms with Gasteiger partial charge in [0, 0.05) is 24.2 Å². The fourth-order valence-corrected chi connectivity index (χ4v) is 3.07. The van der Waals surface area contributed by atoms with Gasteiger partial charge in [0.1, 0.15) is 11.5 Å². The van der Waals surface area contributed by atoms with E-state index in [1.807, 2.05) is 13.0 Å². The minimum absolute atomic E-state index is 0.250. The van der Waals surface area contributed by atoms with E-state index in [0.717, 1.165) is 29.5 Å². The van der Waals surface area contributed by atoms with Crippen molar-refractivity contribution in [3.05, 3.63) is 17.1 Å². The van der Waals surface area contributed by atoms with E-state index < -0.39 is 0 Å². The first-order valence-corrected chi connectivity index (χ1v) is 7.78. The first-order valence-electron chi connectivity index (χ1n) is 6.96. The van der Waals surface area contributed by atoms with Crippen molar-refractivity contribution in [3.63, 3.8) is 0 Å². The van der Waals surface area contributed by atoms with Crippen molar-refractivity contribution >= 4 is 28.4 Å². The van der Waals surface area contributed by atoms with Gasteiger partial charge < -0.3 is 10.6 Å². The van der Waals surface area contributed by atoms with Gasteiger partial charge in [-0.15, -0.1) is 11.3 Å². The van der Waals surface area contributed by atoms with Gasteiger partial charge in [-0.25, -0.2) is 15.0 Å². The largest absolute Gasteiger partial charge is 0.375 e. The van der Waals surface area contributed by atoms with Crippen molar-refractivity contribution in [2.75, 3.05) is 23.7 Å². The molecule has 0 radical (unpaired) electrons. The number of anilines is 2. The Hall–Kier alpha value is -2.31. The molecule has 0 aliphatic carbocycles. The number of nitrogen functional groups attached to an aromatic ring is 1. The second kappa shape index (κ2) is 7.63. The van der Waals surface area contributed by atoms with Crippen LogP contribution in [0.4, 0.5) is 10.9 Å². The fourth-order valence-electron chi connectivity index (χ4n) is 2.39. The summed E-state index contributed by atoms with van der Waals surface area (Å²) in [5.41, 5.74) is 6.55. The average Bonchev–Trinajstić information content (AvgIpc) is 2.88. The van der Waals surface area contributed by atoms with Gasteiger partial charge in [0.05, 0.1) is 0 Å². The molecule has 0 spiro atoms. The fraction of sp³-hybridized carbons (Fsp3) is 0.429. The van der Waals surface area contributed by atoms with Crippen LogP contribution in [0.5, 0.6) is 0 Å². The maximum atomic E-state index is 8.12. The standard InChI is InChI=1S/C13H17N5S.CO2/c1-9-11(17-13(14)19-9)12-15-6-5-10(16-12)18-7-3-2-4-8-18;2-1-3/h5-6H,2-4,7-8H2,1H3,(H2,14,17);. The number of hydrogen-bond acceptors (Lipinski definition) is 8. The van der Waals surface area contributed by atoms with Gasteiger partial charge in [-0.3, -0.25) is 0 Å². The molecule has 1 saturated heterocycles.